The minimum Gasteiger partial charge on any atom is -0.467 e. The topological polar surface area (TPSA) is 43.0 Å². The van der Waals surface area contributed by atoms with E-state index in [0.717, 1.165) is 30.6 Å². The van der Waals surface area contributed by atoms with Gasteiger partial charge >= 0.3 is 0 Å². The number of aromatic nitrogens is 2. The third kappa shape index (κ3) is 2.34. The van der Waals surface area contributed by atoms with Crippen LogP contribution in [0.2, 0.25) is 0 Å². The van der Waals surface area contributed by atoms with E-state index >= 15 is 0 Å². The van der Waals surface area contributed by atoms with Gasteiger partial charge in [-0.2, -0.15) is 0 Å². The van der Waals surface area contributed by atoms with Gasteiger partial charge in [0.05, 0.1) is 24.8 Å². The average molecular weight is 245 g/mol. The molecule has 1 saturated carbocycles. The molecule has 0 unspecified atom stereocenters. The minimum absolute atomic E-state index is 0.727. The second-order valence-electron chi connectivity index (χ2n) is 5.07. The molecule has 0 aliphatic heterocycles. The van der Waals surface area contributed by atoms with Crippen LogP contribution in [-0.2, 0) is 13.1 Å². The number of nitrogens with zero attached hydrogens (tertiary/aromatic N) is 2. The number of furan rings is 1. The minimum atomic E-state index is 0.727. The van der Waals surface area contributed by atoms with Gasteiger partial charge in [-0.1, -0.05) is 0 Å². The van der Waals surface area contributed by atoms with Crippen LogP contribution in [0.4, 0.5) is 0 Å². The average Bonchev–Trinajstić information content (AvgIpc) is 3.02. The summed E-state index contributed by atoms with van der Waals surface area (Å²) in [6.45, 7) is 5.79. The molecule has 3 rings (SSSR count). The Morgan fingerprint density at radius 2 is 2.28 bits per heavy atom. The Hall–Kier alpha value is -1.55. The van der Waals surface area contributed by atoms with Crippen molar-refractivity contribution in [3.8, 4) is 0 Å². The molecule has 2 heterocycles. The number of aryl methyl sites for hydroxylation is 1. The highest BCUT2D eigenvalue weighted by Crippen LogP contribution is 2.21. The number of nitrogens with one attached hydrogen (secondary N) is 1. The van der Waals surface area contributed by atoms with E-state index in [0.29, 0.717) is 0 Å². The Balaban J connectivity index is 1.71. The Kier molecular flexibility index (Phi) is 2.96. The highest BCUT2D eigenvalue weighted by atomic mass is 16.3. The summed E-state index contributed by atoms with van der Waals surface area (Å²) in [5.74, 6) is 1.03. The molecule has 0 saturated heterocycles. The van der Waals surface area contributed by atoms with Crippen molar-refractivity contribution in [2.45, 2.75) is 45.8 Å². The molecule has 0 bridgehead atoms. The van der Waals surface area contributed by atoms with Crippen molar-refractivity contribution >= 4 is 0 Å². The van der Waals surface area contributed by atoms with Crippen LogP contribution in [0.3, 0.4) is 0 Å². The lowest BCUT2D eigenvalue weighted by Crippen LogP contribution is -2.16. The predicted molar refractivity (Wildman–Crippen MR) is 69.4 cm³/mol. The maximum Gasteiger partial charge on any atom is 0.127 e. The molecular weight excluding hydrogens is 226 g/mol. The molecular formula is C14H19N3O. The lowest BCUT2D eigenvalue weighted by Gasteiger charge is -2.06. The molecule has 96 valence electrons. The van der Waals surface area contributed by atoms with Crippen LogP contribution in [0, 0.1) is 13.8 Å². The first-order valence-electron chi connectivity index (χ1n) is 6.51. The van der Waals surface area contributed by atoms with E-state index in [1.807, 2.05) is 13.3 Å². The Bertz CT molecular complexity index is 537. The maximum absolute atomic E-state index is 5.60. The normalized spacial score (nSPS) is 15.2. The number of hydrogen-bond donors (Lipinski definition) is 1. The van der Waals surface area contributed by atoms with E-state index in [4.69, 9.17) is 4.42 Å². The SMILES string of the molecule is Cc1ncn(Cc2occc2CNC2CC2)c1C. The van der Waals surface area contributed by atoms with Crippen LogP contribution >= 0.6 is 0 Å². The van der Waals surface area contributed by atoms with Crippen molar-refractivity contribution in [3.63, 3.8) is 0 Å². The summed E-state index contributed by atoms with van der Waals surface area (Å²) >= 11 is 0. The smallest absolute Gasteiger partial charge is 0.127 e. The van der Waals surface area contributed by atoms with Crippen molar-refractivity contribution in [1.29, 1.82) is 0 Å². The Morgan fingerprint density at radius 1 is 1.44 bits per heavy atom. The van der Waals surface area contributed by atoms with Gasteiger partial charge in [0.1, 0.15) is 5.76 Å². The molecule has 0 spiro atoms. The molecule has 1 aliphatic rings. The van der Waals surface area contributed by atoms with Gasteiger partial charge in [0.25, 0.3) is 0 Å². The van der Waals surface area contributed by atoms with Gasteiger partial charge in [-0.15, -0.1) is 0 Å². The fourth-order valence-corrected chi connectivity index (χ4v) is 2.06. The zero-order valence-corrected chi connectivity index (χ0v) is 10.9. The standard InChI is InChI=1S/C14H19N3O/c1-10-11(2)17(9-16-10)8-14-12(5-6-18-14)7-15-13-3-4-13/h5-6,9,13,15H,3-4,7-8H2,1-2H3. The fourth-order valence-electron chi connectivity index (χ4n) is 2.06. The maximum atomic E-state index is 5.60. The van der Waals surface area contributed by atoms with Crippen LogP contribution in [0.1, 0.15) is 35.6 Å². The second-order valence-corrected chi connectivity index (χ2v) is 5.07. The van der Waals surface area contributed by atoms with Gasteiger partial charge in [0, 0.05) is 23.8 Å². The molecule has 0 amide bonds. The molecule has 0 atom stereocenters. The van der Waals surface area contributed by atoms with E-state index in [2.05, 4.69) is 27.9 Å². The summed E-state index contributed by atoms with van der Waals surface area (Å²) in [7, 11) is 0. The Labute approximate surface area is 107 Å². The summed E-state index contributed by atoms with van der Waals surface area (Å²) in [6, 6.07) is 2.79. The third-order valence-electron chi connectivity index (χ3n) is 3.66. The summed E-state index contributed by atoms with van der Waals surface area (Å²) in [4.78, 5) is 4.32. The van der Waals surface area contributed by atoms with Crippen LogP contribution in [0.15, 0.2) is 23.1 Å². The molecule has 4 nitrogen and oxygen atoms in total. The predicted octanol–water partition coefficient (Wildman–Crippen LogP) is 2.39. The first-order chi connectivity index (χ1) is 8.74. The lowest BCUT2D eigenvalue weighted by atomic mass is 10.2. The molecule has 1 fully saturated rings. The molecule has 2 aromatic rings. The number of imidazole rings is 1. The summed E-state index contributed by atoms with van der Waals surface area (Å²) in [5, 5.41) is 3.52. The lowest BCUT2D eigenvalue weighted by molar-refractivity contribution is 0.483. The van der Waals surface area contributed by atoms with Crippen molar-refractivity contribution in [3.05, 3.63) is 41.4 Å². The molecule has 0 radical (unpaired) electrons. The monoisotopic (exact) mass is 245 g/mol. The van der Waals surface area contributed by atoms with Crippen LogP contribution in [0.5, 0.6) is 0 Å². The van der Waals surface area contributed by atoms with Crippen molar-refractivity contribution in [1.82, 2.24) is 14.9 Å². The first-order valence-corrected chi connectivity index (χ1v) is 6.51. The largest absolute Gasteiger partial charge is 0.467 e. The highest BCUT2D eigenvalue weighted by Gasteiger charge is 2.21. The number of rotatable bonds is 5. The summed E-state index contributed by atoms with van der Waals surface area (Å²) in [6.07, 6.45) is 6.28. The summed E-state index contributed by atoms with van der Waals surface area (Å²) in [5.41, 5.74) is 3.54. The van der Waals surface area contributed by atoms with Gasteiger partial charge in [-0.3, -0.25) is 0 Å². The molecule has 2 aromatic heterocycles. The van der Waals surface area contributed by atoms with Gasteiger partial charge in [0.2, 0.25) is 0 Å². The zero-order valence-electron chi connectivity index (χ0n) is 10.9. The van der Waals surface area contributed by atoms with Crippen LogP contribution in [0.25, 0.3) is 0 Å². The van der Waals surface area contributed by atoms with E-state index in [9.17, 15) is 0 Å². The fraction of sp³-hybridized carbons (Fsp3) is 0.500. The molecule has 0 aromatic carbocycles. The van der Waals surface area contributed by atoms with Crippen molar-refractivity contribution in [2.24, 2.45) is 0 Å². The first kappa shape index (κ1) is 11.5. The molecule has 18 heavy (non-hydrogen) atoms. The highest BCUT2D eigenvalue weighted by molar-refractivity contribution is 5.19. The molecule has 1 aliphatic carbocycles. The zero-order chi connectivity index (χ0) is 12.5. The van der Waals surface area contributed by atoms with Gasteiger partial charge in [0.15, 0.2) is 0 Å². The quantitative estimate of drug-likeness (QED) is 0.879. The third-order valence-corrected chi connectivity index (χ3v) is 3.66. The van der Waals surface area contributed by atoms with Crippen molar-refractivity contribution < 1.29 is 4.42 Å². The summed E-state index contributed by atoms with van der Waals surface area (Å²) < 4.78 is 7.73. The van der Waals surface area contributed by atoms with Gasteiger partial charge in [-0.25, -0.2) is 4.98 Å². The molecule has 4 heteroatoms. The van der Waals surface area contributed by atoms with Gasteiger partial charge < -0.3 is 14.3 Å². The van der Waals surface area contributed by atoms with Crippen molar-refractivity contribution in [2.75, 3.05) is 0 Å². The van der Waals surface area contributed by atoms with E-state index in [1.54, 1.807) is 6.26 Å². The molecule has 1 N–H and O–H groups in total. The second kappa shape index (κ2) is 4.61. The van der Waals surface area contributed by atoms with E-state index in [1.165, 1.54) is 24.1 Å². The van der Waals surface area contributed by atoms with Crippen LogP contribution in [-0.4, -0.2) is 15.6 Å². The number of hydrogen-bond acceptors (Lipinski definition) is 3. The van der Waals surface area contributed by atoms with E-state index in [-0.39, 0.29) is 0 Å². The van der Waals surface area contributed by atoms with Gasteiger partial charge in [-0.05, 0) is 32.8 Å². The van der Waals surface area contributed by atoms with Crippen LogP contribution < -0.4 is 5.32 Å². The van der Waals surface area contributed by atoms with E-state index < -0.39 is 0 Å². The Morgan fingerprint density at radius 3 is 2.94 bits per heavy atom.